The van der Waals surface area contributed by atoms with Gasteiger partial charge in [0.1, 0.15) is 29.7 Å². The first kappa shape index (κ1) is 21.8. The van der Waals surface area contributed by atoms with Crippen LogP contribution in [0.1, 0.15) is 16.2 Å². The van der Waals surface area contributed by atoms with Crippen LogP contribution in [0.4, 0.5) is 5.69 Å². The molecule has 2 heterocycles. The minimum Gasteiger partial charge on any atom is -0.486 e. The average molecular weight is 460 g/mol. The van der Waals surface area contributed by atoms with E-state index in [1.807, 2.05) is 48.0 Å². The quantitative estimate of drug-likeness (QED) is 0.436. The van der Waals surface area contributed by atoms with Gasteiger partial charge in [0, 0.05) is 38.0 Å². The van der Waals surface area contributed by atoms with Crippen LogP contribution in [0.25, 0.3) is 11.0 Å². The van der Waals surface area contributed by atoms with Crippen molar-refractivity contribution in [1.82, 2.24) is 9.55 Å². The molecular formula is C26H25N3O5. The van der Waals surface area contributed by atoms with Crippen LogP contribution in [0.15, 0.2) is 66.7 Å². The monoisotopic (exact) mass is 459 g/mol. The first-order chi connectivity index (χ1) is 16.6. The number of aromatic carboxylic acids is 1. The van der Waals surface area contributed by atoms with Gasteiger partial charge in [0.15, 0.2) is 0 Å². The Morgan fingerprint density at radius 3 is 2.59 bits per heavy atom. The third-order valence-electron chi connectivity index (χ3n) is 5.82. The number of anilines is 1. The van der Waals surface area contributed by atoms with Gasteiger partial charge in [-0.05, 0) is 42.5 Å². The highest BCUT2D eigenvalue weighted by atomic mass is 16.5. The van der Waals surface area contributed by atoms with Crippen LogP contribution in [0, 0.1) is 0 Å². The predicted molar refractivity (Wildman–Crippen MR) is 128 cm³/mol. The first-order valence-corrected chi connectivity index (χ1v) is 11.1. The molecule has 0 spiro atoms. The van der Waals surface area contributed by atoms with Gasteiger partial charge in [-0.15, -0.1) is 0 Å². The van der Waals surface area contributed by atoms with E-state index in [-0.39, 0.29) is 12.2 Å². The zero-order chi connectivity index (χ0) is 23.5. The van der Waals surface area contributed by atoms with Crippen molar-refractivity contribution in [3.8, 4) is 17.2 Å². The number of aromatic nitrogens is 2. The van der Waals surface area contributed by atoms with Gasteiger partial charge in [-0.1, -0.05) is 12.1 Å². The molecule has 4 aromatic rings. The van der Waals surface area contributed by atoms with Crippen molar-refractivity contribution < 1.29 is 24.1 Å². The maximum Gasteiger partial charge on any atom is 0.335 e. The third-order valence-corrected chi connectivity index (χ3v) is 5.82. The van der Waals surface area contributed by atoms with Gasteiger partial charge in [0.2, 0.25) is 0 Å². The molecule has 0 bridgehead atoms. The highest BCUT2D eigenvalue weighted by Crippen LogP contribution is 2.29. The van der Waals surface area contributed by atoms with Crippen molar-refractivity contribution >= 4 is 22.7 Å². The molecule has 0 amide bonds. The van der Waals surface area contributed by atoms with E-state index in [0.717, 1.165) is 60.3 Å². The number of hydrogen-bond acceptors (Lipinski definition) is 6. The Morgan fingerprint density at radius 2 is 1.76 bits per heavy atom. The summed E-state index contributed by atoms with van der Waals surface area (Å²) in [6.45, 7) is 3.43. The summed E-state index contributed by atoms with van der Waals surface area (Å²) in [5.74, 6) is 1.71. The molecule has 8 nitrogen and oxygen atoms in total. The van der Waals surface area contributed by atoms with Crippen LogP contribution in [-0.2, 0) is 18.4 Å². The molecule has 1 saturated heterocycles. The van der Waals surface area contributed by atoms with Crippen LogP contribution in [0.3, 0.4) is 0 Å². The zero-order valence-electron chi connectivity index (χ0n) is 18.8. The van der Waals surface area contributed by atoms with Crippen LogP contribution in [-0.4, -0.2) is 46.9 Å². The number of hydrogen-bond donors (Lipinski definition) is 1. The molecule has 1 aliphatic heterocycles. The molecule has 3 aromatic carbocycles. The van der Waals surface area contributed by atoms with Gasteiger partial charge in [0.25, 0.3) is 0 Å². The van der Waals surface area contributed by atoms with E-state index in [0.29, 0.717) is 5.75 Å². The lowest BCUT2D eigenvalue weighted by molar-refractivity contribution is 0.0696. The van der Waals surface area contributed by atoms with Crippen LogP contribution in [0.2, 0.25) is 0 Å². The summed E-state index contributed by atoms with van der Waals surface area (Å²) >= 11 is 0. The SMILES string of the molecule is Cn1c(COc2cccc(C(=O)O)c2)nc2ccc(Oc3cccc(N4CCOCC4)c3)cc21. The Balaban J connectivity index is 1.32. The third kappa shape index (κ3) is 4.67. The molecule has 1 aromatic heterocycles. The lowest BCUT2D eigenvalue weighted by Gasteiger charge is -2.29. The lowest BCUT2D eigenvalue weighted by atomic mass is 10.2. The average Bonchev–Trinajstić information content (AvgIpc) is 3.18. The fourth-order valence-electron chi connectivity index (χ4n) is 3.98. The lowest BCUT2D eigenvalue weighted by Crippen LogP contribution is -2.36. The number of fused-ring (bicyclic) bond motifs is 1. The Kier molecular flexibility index (Phi) is 6.05. The summed E-state index contributed by atoms with van der Waals surface area (Å²) in [4.78, 5) is 18.1. The topological polar surface area (TPSA) is 86.0 Å². The largest absolute Gasteiger partial charge is 0.486 e. The smallest absolute Gasteiger partial charge is 0.335 e. The minimum absolute atomic E-state index is 0.182. The Morgan fingerprint density at radius 1 is 1.00 bits per heavy atom. The van der Waals surface area contributed by atoms with Gasteiger partial charge >= 0.3 is 5.97 Å². The van der Waals surface area contributed by atoms with E-state index in [1.165, 1.54) is 12.1 Å². The van der Waals surface area contributed by atoms with Gasteiger partial charge in [-0.3, -0.25) is 0 Å². The molecule has 1 aliphatic rings. The summed E-state index contributed by atoms with van der Waals surface area (Å²) in [5, 5.41) is 9.16. The second-order valence-corrected chi connectivity index (χ2v) is 8.06. The Labute approximate surface area is 196 Å². The molecule has 0 aliphatic carbocycles. The summed E-state index contributed by atoms with van der Waals surface area (Å²) < 4.78 is 19.4. The number of carboxylic acid groups (broad SMARTS) is 1. The maximum absolute atomic E-state index is 11.2. The standard InChI is InChI=1S/C26H25N3O5/c1-28-24-16-22(34-21-7-3-5-19(15-21)29-10-12-32-13-11-29)8-9-23(24)27-25(28)17-33-20-6-2-4-18(14-20)26(30)31/h2-9,14-16H,10-13,17H2,1H3,(H,30,31). The number of carbonyl (C=O) groups is 1. The number of aryl methyl sites for hydroxylation is 1. The molecule has 8 heteroatoms. The highest BCUT2D eigenvalue weighted by Gasteiger charge is 2.13. The van der Waals surface area contributed by atoms with Crippen LogP contribution >= 0.6 is 0 Å². The fourth-order valence-corrected chi connectivity index (χ4v) is 3.98. The predicted octanol–water partition coefficient (Wildman–Crippen LogP) is 4.48. The molecular weight excluding hydrogens is 434 g/mol. The number of benzene rings is 3. The summed E-state index contributed by atoms with van der Waals surface area (Å²) in [6.07, 6.45) is 0. The number of carboxylic acids is 1. The van der Waals surface area contributed by atoms with Crippen molar-refractivity contribution in [2.45, 2.75) is 6.61 Å². The Hall–Kier alpha value is -4.04. The maximum atomic E-state index is 11.2. The zero-order valence-corrected chi connectivity index (χ0v) is 18.8. The molecule has 0 saturated carbocycles. The number of rotatable bonds is 7. The normalized spacial score (nSPS) is 13.7. The number of morpholine rings is 1. The highest BCUT2D eigenvalue weighted by molar-refractivity contribution is 5.88. The summed E-state index contributed by atoms with van der Waals surface area (Å²) in [6, 6.07) is 20.3. The van der Waals surface area contributed by atoms with E-state index in [1.54, 1.807) is 12.1 Å². The second-order valence-electron chi connectivity index (χ2n) is 8.06. The number of nitrogens with zero attached hydrogens (tertiary/aromatic N) is 3. The van der Waals surface area contributed by atoms with Crippen LogP contribution in [0.5, 0.6) is 17.2 Å². The van der Waals surface area contributed by atoms with Crippen LogP contribution < -0.4 is 14.4 Å². The van der Waals surface area contributed by atoms with Gasteiger partial charge in [-0.25, -0.2) is 9.78 Å². The summed E-state index contributed by atoms with van der Waals surface area (Å²) in [5.41, 5.74) is 3.05. The van der Waals surface area contributed by atoms with Crippen molar-refractivity contribution in [2.75, 3.05) is 31.2 Å². The van der Waals surface area contributed by atoms with Crippen molar-refractivity contribution in [3.05, 3.63) is 78.1 Å². The number of imidazole rings is 1. The minimum atomic E-state index is -0.990. The Bertz CT molecular complexity index is 1330. The van der Waals surface area contributed by atoms with Gasteiger partial charge < -0.3 is 28.8 Å². The van der Waals surface area contributed by atoms with E-state index in [2.05, 4.69) is 16.0 Å². The summed E-state index contributed by atoms with van der Waals surface area (Å²) in [7, 11) is 1.92. The molecule has 174 valence electrons. The molecule has 1 fully saturated rings. The molecule has 0 radical (unpaired) electrons. The van der Waals surface area contributed by atoms with E-state index in [9.17, 15) is 4.79 Å². The molecule has 5 rings (SSSR count). The molecule has 0 atom stereocenters. The fraction of sp³-hybridized carbons (Fsp3) is 0.231. The molecule has 1 N–H and O–H groups in total. The number of ether oxygens (including phenoxy) is 3. The van der Waals surface area contributed by atoms with Crippen molar-refractivity contribution in [3.63, 3.8) is 0 Å². The molecule has 0 unspecified atom stereocenters. The van der Waals surface area contributed by atoms with Crippen molar-refractivity contribution in [1.29, 1.82) is 0 Å². The van der Waals surface area contributed by atoms with E-state index in [4.69, 9.17) is 19.3 Å². The van der Waals surface area contributed by atoms with E-state index >= 15 is 0 Å². The van der Waals surface area contributed by atoms with Crippen molar-refractivity contribution in [2.24, 2.45) is 7.05 Å². The van der Waals surface area contributed by atoms with Gasteiger partial charge in [0.05, 0.1) is 29.8 Å². The van der Waals surface area contributed by atoms with Gasteiger partial charge in [-0.2, -0.15) is 0 Å². The first-order valence-electron chi connectivity index (χ1n) is 11.1. The van der Waals surface area contributed by atoms with E-state index < -0.39 is 5.97 Å². The second kappa shape index (κ2) is 9.44. The molecule has 34 heavy (non-hydrogen) atoms.